The normalized spacial score (nSPS) is 34.1. The van der Waals surface area contributed by atoms with Gasteiger partial charge in [-0.15, -0.1) is 0 Å². The van der Waals surface area contributed by atoms with Gasteiger partial charge in [-0.05, 0) is 24.7 Å². The minimum absolute atomic E-state index is 0.232. The fourth-order valence-corrected chi connectivity index (χ4v) is 1.91. The molecule has 66 valence electrons. The summed E-state index contributed by atoms with van der Waals surface area (Å²) < 4.78 is 4.90. The Hall–Kier alpha value is -0.0800. The van der Waals surface area contributed by atoms with Crippen molar-refractivity contribution in [2.24, 2.45) is 11.8 Å². The number of aliphatic hydroxyl groups excluding tert-OH is 1. The van der Waals surface area contributed by atoms with E-state index in [2.05, 4.69) is 6.92 Å². The third-order valence-corrected chi connectivity index (χ3v) is 2.62. The molecule has 3 atom stereocenters. The van der Waals surface area contributed by atoms with Gasteiger partial charge in [-0.25, -0.2) is 0 Å². The number of methoxy groups -OCH3 is 1. The molecule has 0 aromatic rings. The van der Waals surface area contributed by atoms with Crippen molar-refractivity contribution in [3.05, 3.63) is 0 Å². The van der Waals surface area contributed by atoms with Gasteiger partial charge in [0.15, 0.2) is 0 Å². The largest absolute Gasteiger partial charge is 0.390 e. The molecule has 1 N–H and O–H groups in total. The lowest BCUT2D eigenvalue weighted by molar-refractivity contribution is 0.0262. The maximum atomic E-state index is 9.54. The van der Waals surface area contributed by atoms with Gasteiger partial charge >= 0.3 is 0 Å². The summed E-state index contributed by atoms with van der Waals surface area (Å²) in [6.07, 6.45) is 3.38. The topological polar surface area (TPSA) is 29.5 Å². The van der Waals surface area contributed by atoms with Crippen LogP contribution in [0.2, 0.25) is 0 Å². The Morgan fingerprint density at radius 2 is 2.27 bits per heavy atom. The number of hydrogen-bond acceptors (Lipinski definition) is 2. The second-order valence-corrected chi connectivity index (χ2v) is 3.70. The smallest absolute Gasteiger partial charge is 0.0801 e. The van der Waals surface area contributed by atoms with Crippen LogP contribution < -0.4 is 0 Å². The first-order chi connectivity index (χ1) is 5.24. The summed E-state index contributed by atoms with van der Waals surface area (Å²) in [5.74, 6) is 1.29. The van der Waals surface area contributed by atoms with E-state index < -0.39 is 0 Å². The van der Waals surface area contributed by atoms with E-state index in [4.69, 9.17) is 4.74 Å². The van der Waals surface area contributed by atoms with E-state index >= 15 is 0 Å². The molecule has 0 bridgehead atoms. The first-order valence-electron chi connectivity index (χ1n) is 4.41. The number of rotatable bonds is 3. The van der Waals surface area contributed by atoms with Crippen molar-refractivity contribution in [1.29, 1.82) is 0 Å². The predicted molar refractivity (Wildman–Crippen MR) is 44.4 cm³/mol. The standard InChI is InChI=1S/C9H18O2/c1-7-3-4-8(5-7)9(10)6-11-2/h7-10H,3-6H2,1-2H3. The highest BCUT2D eigenvalue weighted by atomic mass is 16.5. The number of hydrogen-bond donors (Lipinski definition) is 1. The second-order valence-electron chi connectivity index (χ2n) is 3.70. The van der Waals surface area contributed by atoms with Crippen LogP contribution in [0.25, 0.3) is 0 Å². The molecule has 0 aromatic carbocycles. The molecule has 0 radical (unpaired) electrons. The molecule has 11 heavy (non-hydrogen) atoms. The molecule has 3 unspecified atom stereocenters. The van der Waals surface area contributed by atoms with E-state index in [1.807, 2.05) is 0 Å². The summed E-state index contributed by atoms with van der Waals surface area (Å²) in [4.78, 5) is 0. The Morgan fingerprint density at radius 1 is 1.55 bits per heavy atom. The molecule has 1 rings (SSSR count). The molecular weight excluding hydrogens is 140 g/mol. The van der Waals surface area contributed by atoms with E-state index in [-0.39, 0.29) is 6.10 Å². The van der Waals surface area contributed by atoms with Gasteiger partial charge < -0.3 is 9.84 Å². The van der Waals surface area contributed by atoms with Gasteiger partial charge in [0.25, 0.3) is 0 Å². The molecular formula is C9H18O2. The van der Waals surface area contributed by atoms with Crippen LogP contribution >= 0.6 is 0 Å². The molecule has 1 aliphatic carbocycles. The summed E-state index contributed by atoms with van der Waals surface area (Å²) in [5.41, 5.74) is 0. The van der Waals surface area contributed by atoms with Crippen LogP contribution in [0.4, 0.5) is 0 Å². The van der Waals surface area contributed by atoms with Gasteiger partial charge in [-0.1, -0.05) is 13.3 Å². The Morgan fingerprint density at radius 3 is 2.73 bits per heavy atom. The Kier molecular flexibility index (Phi) is 3.34. The zero-order valence-electron chi connectivity index (χ0n) is 7.42. The molecule has 1 aliphatic rings. The van der Waals surface area contributed by atoms with E-state index in [1.165, 1.54) is 19.3 Å². The van der Waals surface area contributed by atoms with Gasteiger partial charge in [-0.2, -0.15) is 0 Å². The zero-order valence-corrected chi connectivity index (χ0v) is 7.42. The van der Waals surface area contributed by atoms with Crippen molar-refractivity contribution in [3.8, 4) is 0 Å². The summed E-state index contributed by atoms with van der Waals surface area (Å²) in [5, 5.41) is 9.54. The highest BCUT2D eigenvalue weighted by molar-refractivity contribution is 4.78. The van der Waals surface area contributed by atoms with Crippen molar-refractivity contribution < 1.29 is 9.84 Å². The molecule has 0 aliphatic heterocycles. The van der Waals surface area contributed by atoms with Crippen LogP contribution in [0.15, 0.2) is 0 Å². The molecule has 0 amide bonds. The Labute approximate surface area is 68.6 Å². The lowest BCUT2D eigenvalue weighted by Gasteiger charge is -2.16. The predicted octanol–water partition coefficient (Wildman–Crippen LogP) is 1.43. The van der Waals surface area contributed by atoms with E-state index in [1.54, 1.807) is 7.11 Å². The molecule has 0 saturated heterocycles. The van der Waals surface area contributed by atoms with Gasteiger partial charge in [0, 0.05) is 7.11 Å². The highest BCUT2D eigenvalue weighted by Gasteiger charge is 2.27. The van der Waals surface area contributed by atoms with E-state index in [0.717, 1.165) is 5.92 Å². The SMILES string of the molecule is COCC(O)C1CCC(C)C1. The fourth-order valence-electron chi connectivity index (χ4n) is 1.91. The van der Waals surface area contributed by atoms with E-state index in [9.17, 15) is 5.11 Å². The lowest BCUT2D eigenvalue weighted by atomic mass is 10.0. The molecule has 0 aromatic heterocycles. The van der Waals surface area contributed by atoms with Gasteiger partial charge in [0.05, 0.1) is 12.7 Å². The average Bonchev–Trinajstić information content (AvgIpc) is 2.36. The molecule has 1 saturated carbocycles. The second kappa shape index (κ2) is 4.07. The summed E-state index contributed by atoms with van der Waals surface area (Å²) in [7, 11) is 1.64. The molecule has 2 heteroatoms. The maximum absolute atomic E-state index is 9.54. The molecule has 0 spiro atoms. The third-order valence-electron chi connectivity index (χ3n) is 2.62. The van der Waals surface area contributed by atoms with Gasteiger partial charge in [0.1, 0.15) is 0 Å². The Bertz CT molecular complexity index is 114. The highest BCUT2D eigenvalue weighted by Crippen LogP contribution is 2.32. The van der Waals surface area contributed by atoms with Gasteiger partial charge in [-0.3, -0.25) is 0 Å². The van der Waals surface area contributed by atoms with Crippen LogP contribution in [0.1, 0.15) is 26.2 Å². The minimum atomic E-state index is -0.232. The number of ether oxygens (including phenoxy) is 1. The average molecular weight is 158 g/mol. The first-order valence-corrected chi connectivity index (χ1v) is 4.41. The van der Waals surface area contributed by atoms with Crippen molar-refractivity contribution in [2.75, 3.05) is 13.7 Å². The molecule has 1 fully saturated rings. The molecule has 0 heterocycles. The fraction of sp³-hybridized carbons (Fsp3) is 1.00. The quantitative estimate of drug-likeness (QED) is 0.673. The number of aliphatic hydroxyl groups is 1. The minimum Gasteiger partial charge on any atom is -0.390 e. The summed E-state index contributed by atoms with van der Waals surface area (Å²) in [6, 6.07) is 0. The van der Waals surface area contributed by atoms with Crippen molar-refractivity contribution in [3.63, 3.8) is 0 Å². The Balaban J connectivity index is 2.25. The van der Waals surface area contributed by atoms with Crippen molar-refractivity contribution >= 4 is 0 Å². The zero-order chi connectivity index (χ0) is 8.27. The van der Waals surface area contributed by atoms with E-state index in [0.29, 0.717) is 12.5 Å². The molecule has 2 nitrogen and oxygen atoms in total. The third kappa shape index (κ3) is 2.46. The maximum Gasteiger partial charge on any atom is 0.0801 e. The lowest BCUT2D eigenvalue weighted by Crippen LogP contribution is -2.23. The van der Waals surface area contributed by atoms with Crippen molar-refractivity contribution in [2.45, 2.75) is 32.3 Å². The monoisotopic (exact) mass is 158 g/mol. The van der Waals surface area contributed by atoms with Crippen LogP contribution in [0.5, 0.6) is 0 Å². The van der Waals surface area contributed by atoms with Crippen LogP contribution in [0.3, 0.4) is 0 Å². The summed E-state index contributed by atoms with van der Waals surface area (Å²) >= 11 is 0. The van der Waals surface area contributed by atoms with Crippen LogP contribution in [-0.2, 0) is 4.74 Å². The van der Waals surface area contributed by atoms with Crippen LogP contribution in [-0.4, -0.2) is 24.9 Å². The summed E-state index contributed by atoms with van der Waals surface area (Å²) in [6.45, 7) is 2.75. The van der Waals surface area contributed by atoms with Gasteiger partial charge in [0.2, 0.25) is 0 Å². The van der Waals surface area contributed by atoms with Crippen LogP contribution in [0, 0.1) is 11.8 Å². The first kappa shape index (κ1) is 9.01. The van der Waals surface area contributed by atoms with Crippen molar-refractivity contribution in [1.82, 2.24) is 0 Å².